The predicted molar refractivity (Wildman–Crippen MR) is 68.7 cm³/mol. The fraction of sp³-hybridized carbons (Fsp3) is 0.417. The van der Waals surface area contributed by atoms with Crippen molar-refractivity contribution >= 4 is 5.69 Å². The van der Waals surface area contributed by atoms with E-state index in [1.165, 1.54) is 16.9 Å². The Bertz CT molecular complexity index is 604. The molecule has 1 saturated heterocycles. The van der Waals surface area contributed by atoms with Crippen LogP contribution < -0.4 is 0 Å². The maximum Gasteiger partial charge on any atom is 0.269 e. The molecular weight excluding hydrogens is 262 g/mol. The monoisotopic (exact) mass is 275 g/mol. The molecular formula is C12H13N5O3. The van der Waals surface area contributed by atoms with Crippen molar-refractivity contribution in [2.75, 3.05) is 6.61 Å². The van der Waals surface area contributed by atoms with Crippen LogP contribution in [-0.4, -0.2) is 31.7 Å². The molecule has 0 radical (unpaired) electrons. The lowest BCUT2D eigenvalue weighted by Gasteiger charge is -2.20. The van der Waals surface area contributed by atoms with E-state index in [0.29, 0.717) is 18.0 Å². The van der Waals surface area contributed by atoms with Crippen molar-refractivity contribution in [1.29, 1.82) is 0 Å². The van der Waals surface area contributed by atoms with Crippen molar-refractivity contribution in [2.45, 2.75) is 25.5 Å². The maximum absolute atomic E-state index is 10.6. The largest absolute Gasteiger partial charge is 0.355 e. The quantitative estimate of drug-likeness (QED) is 0.627. The standard InChI is InChI=1S/C12H13N5O3/c18-17(19)10-6-4-9(5-7-10)12-13-15-16(14-12)11-3-1-2-8-20-11/h4-7,11H,1-3,8H2. The number of non-ortho nitro benzene ring substituents is 1. The average Bonchev–Trinajstić information content (AvgIpc) is 2.98. The van der Waals surface area contributed by atoms with Crippen molar-refractivity contribution in [3.05, 3.63) is 34.4 Å². The lowest BCUT2D eigenvalue weighted by molar-refractivity contribution is -0.384. The van der Waals surface area contributed by atoms with Crippen LogP contribution in [0.3, 0.4) is 0 Å². The minimum Gasteiger partial charge on any atom is -0.355 e. The van der Waals surface area contributed by atoms with Crippen LogP contribution in [0, 0.1) is 10.1 Å². The lowest BCUT2D eigenvalue weighted by atomic mass is 10.2. The lowest BCUT2D eigenvalue weighted by Crippen LogP contribution is -2.20. The Morgan fingerprint density at radius 2 is 2.10 bits per heavy atom. The van der Waals surface area contributed by atoms with Crippen molar-refractivity contribution in [2.24, 2.45) is 0 Å². The molecule has 0 saturated carbocycles. The second-order valence-electron chi connectivity index (χ2n) is 4.56. The third-order valence-electron chi connectivity index (χ3n) is 3.18. The number of rotatable bonds is 3. The van der Waals surface area contributed by atoms with Gasteiger partial charge in [0, 0.05) is 24.3 Å². The summed E-state index contributed by atoms with van der Waals surface area (Å²) in [7, 11) is 0. The highest BCUT2D eigenvalue weighted by atomic mass is 16.6. The Labute approximate surface area is 114 Å². The number of nitrogens with zero attached hydrogens (tertiary/aromatic N) is 5. The van der Waals surface area contributed by atoms with E-state index in [2.05, 4.69) is 15.4 Å². The number of nitro benzene ring substituents is 1. The maximum atomic E-state index is 10.6. The zero-order valence-electron chi connectivity index (χ0n) is 10.7. The van der Waals surface area contributed by atoms with Gasteiger partial charge >= 0.3 is 0 Å². The molecule has 0 bridgehead atoms. The molecule has 2 aromatic rings. The zero-order valence-corrected chi connectivity index (χ0v) is 10.7. The SMILES string of the molecule is O=[N+]([O-])c1ccc(-c2nnn(C3CCCCO3)n2)cc1. The number of benzene rings is 1. The molecule has 0 aliphatic carbocycles. The molecule has 1 aliphatic rings. The smallest absolute Gasteiger partial charge is 0.269 e. The Hall–Kier alpha value is -2.35. The van der Waals surface area contributed by atoms with Gasteiger partial charge in [0.2, 0.25) is 5.82 Å². The molecule has 1 unspecified atom stereocenters. The summed E-state index contributed by atoms with van der Waals surface area (Å²) in [6, 6.07) is 6.07. The van der Waals surface area contributed by atoms with Gasteiger partial charge in [-0.15, -0.1) is 15.0 Å². The van der Waals surface area contributed by atoms with Gasteiger partial charge in [-0.2, -0.15) is 0 Å². The van der Waals surface area contributed by atoms with Gasteiger partial charge in [-0.1, -0.05) is 0 Å². The van der Waals surface area contributed by atoms with E-state index < -0.39 is 4.92 Å². The van der Waals surface area contributed by atoms with Gasteiger partial charge in [-0.3, -0.25) is 10.1 Å². The summed E-state index contributed by atoms with van der Waals surface area (Å²) in [5.41, 5.74) is 0.731. The van der Waals surface area contributed by atoms with Crippen LogP contribution in [0.4, 0.5) is 5.69 Å². The van der Waals surface area contributed by atoms with E-state index in [-0.39, 0.29) is 11.9 Å². The van der Waals surface area contributed by atoms with Gasteiger partial charge in [0.25, 0.3) is 5.69 Å². The van der Waals surface area contributed by atoms with E-state index in [0.717, 1.165) is 19.3 Å². The summed E-state index contributed by atoms with van der Waals surface area (Å²) >= 11 is 0. The number of tetrazole rings is 1. The highest BCUT2D eigenvalue weighted by Gasteiger charge is 2.19. The number of hydrogen-bond acceptors (Lipinski definition) is 6. The Kier molecular flexibility index (Phi) is 3.38. The summed E-state index contributed by atoms with van der Waals surface area (Å²) < 4.78 is 5.57. The predicted octanol–water partition coefficient (Wildman–Crippen LogP) is 1.95. The minimum absolute atomic E-state index is 0.0387. The highest BCUT2D eigenvalue weighted by Crippen LogP contribution is 2.22. The normalized spacial score (nSPS) is 18.9. The molecule has 0 spiro atoms. The minimum atomic E-state index is -0.441. The molecule has 0 N–H and O–H groups in total. The van der Waals surface area contributed by atoms with Crippen LogP contribution in [0.5, 0.6) is 0 Å². The fourth-order valence-electron chi connectivity index (χ4n) is 2.10. The third kappa shape index (κ3) is 2.50. The number of ether oxygens (including phenoxy) is 1. The first-order valence-corrected chi connectivity index (χ1v) is 6.40. The molecule has 1 aromatic heterocycles. The topological polar surface area (TPSA) is 96.0 Å². The van der Waals surface area contributed by atoms with Crippen LogP contribution in [0.2, 0.25) is 0 Å². The van der Waals surface area contributed by atoms with Gasteiger partial charge < -0.3 is 4.74 Å². The van der Waals surface area contributed by atoms with Crippen LogP contribution in [0.1, 0.15) is 25.5 Å². The second-order valence-corrected chi connectivity index (χ2v) is 4.56. The van der Waals surface area contributed by atoms with E-state index in [4.69, 9.17) is 4.74 Å². The molecule has 1 aliphatic heterocycles. The van der Waals surface area contributed by atoms with Crippen LogP contribution >= 0.6 is 0 Å². The molecule has 0 amide bonds. The molecule has 8 nitrogen and oxygen atoms in total. The third-order valence-corrected chi connectivity index (χ3v) is 3.18. The number of hydrogen-bond donors (Lipinski definition) is 0. The van der Waals surface area contributed by atoms with E-state index >= 15 is 0 Å². The van der Waals surface area contributed by atoms with Crippen molar-refractivity contribution in [1.82, 2.24) is 20.2 Å². The Morgan fingerprint density at radius 3 is 2.75 bits per heavy atom. The summed E-state index contributed by atoms with van der Waals surface area (Å²) in [4.78, 5) is 11.6. The van der Waals surface area contributed by atoms with Gasteiger partial charge in [-0.05, 0) is 36.6 Å². The second kappa shape index (κ2) is 5.33. The molecule has 3 rings (SSSR count). The first-order valence-electron chi connectivity index (χ1n) is 6.40. The van der Waals surface area contributed by atoms with Crippen LogP contribution in [0.15, 0.2) is 24.3 Å². The fourth-order valence-corrected chi connectivity index (χ4v) is 2.10. The average molecular weight is 275 g/mol. The molecule has 8 heteroatoms. The molecule has 1 fully saturated rings. The molecule has 20 heavy (non-hydrogen) atoms. The summed E-state index contributed by atoms with van der Waals surface area (Å²) in [6.45, 7) is 0.707. The number of aromatic nitrogens is 4. The van der Waals surface area contributed by atoms with Gasteiger partial charge in [0.1, 0.15) is 0 Å². The van der Waals surface area contributed by atoms with Crippen molar-refractivity contribution in [3.8, 4) is 11.4 Å². The van der Waals surface area contributed by atoms with Gasteiger partial charge in [0.15, 0.2) is 6.23 Å². The summed E-state index contributed by atoms with van der Waals surface area (Å²) in [6.07, 6.45) is 2.85. The van der Waals surface area contributed by atoms with E-state index in [1.54, 1.807) is 12.1 Å². The van der Waals surface area contributed by atoms with E-state index in [1.807, 2.05) is 0 Å². The van der Waals surface area contributed by atoms with E-state index in [9.17, 15) is 10.1 Å². The van der Waals surface area contributed by atoms with Crippen molar-refractivity contribution < 1.29 is 9.66 Å². The number of nitro groups is 1. The summed E-state index contributed by atoms with van der Waals surface area (Å²) in [5, 5.41) is 22.8. The first kappa shape index (κ1) is 12.7. The molecule has 104 valence electrons. The zero-order chi connectivity index (χ0) is 13.9. The van der Waals surface area contributed by atoms with Crippen molar-refractivity contribution in [3.63, 3.8) is 0 Å². The molecule has 2 heterocycles. The first-order chi connectivity index (χ1) is 9.74. The summed E-state index contributed by atoms with van der Waals surface area (Å²) in [5.74, 6) is 0.439. The molecule has 1 atom stereocenters. The van der Waals surface area contributed by atoms with Crippen LogP contribution in [0.25, 0.3) is 11.4 Å². The Morgan fingerprint density at radius 1 is 1.30 bits per heavy atom. The highest BCUT2D eigenvalue weighted by molar-refractivity contribution is 5.56. The van der Waals surface area contributed by atoms with Crippen LogP contribution in [-0.2, 0) is 4.74 Å². The molecule has 1 aromatic carbocycles. The van der Waals surface area contributed by atoms with Gasteiger partial charge in [0.05, 0.1) is 4.92 Å². The van der Waals surface area contributed by atoms with Gasteiger partial charge in [-0.25, -0.2) is 0 Å². The Balaban J connectivity index is 1.80.